The average molecular weight is 311 g/mol. The Morgan fingerprint density at radius 3 is 2.94 bits per heavy atom. The van der Waals surface area contributed by atoms with Crippen molar-refractivity contribution in [2.24, 2.45) is 11.7 Å². The van der Waals surface area contributed by atoms with Crippen molar-refractivity contribution in [2.75, 3.05) is 24.5 Å². The van der Waals surface area contributed by atoms with Crippen LogP contribution in [-0.4, -0.2) is 19.6 Å². The fraction of sp³-hybridized carbons (Fsp3) is 0.600. The molecule has 1 atom stereocenters. The molecule has 0 bridgehead atoms. The van der Waals surface area contributed by atoms with Gasteiger partial charge in [0.05, 0.1) is 5.69 Å². The van der Waals surface area contributed by atoms with Crippen molar-refractivity contribution in [2.45, 2.75) is 32.6 Å². The second-order valence-electron chi connectivity index (χ2n) is 5.19. The van der Waals surface area contributed by atoms with E-state index in [2.05, 4.69) is 46.0 Å². The zero-order valence-corrected chi connectivity index (χ0v) is 12.7. The van der Waals surface area contributed by atoms with Gasteiger partial charge in [0.1, 0.15) is 0 Å². The van der Waals surface area contributed by atoms with Crippen molar-refractivity contribution < 1.29 is 0 Å². The van der Waals surface area contributed by atoms with Crippen molar-refractivity contribution in [3.8, 4) is 0 Å². The predicted octanol–water partition coefficient (Wildman–Crippen LogP) is 3.58. The molecule has 1 heterocycles. The summed E-state index contributed by atoms with van der Waals surface area (Å²) in [5, 5.41) is 0. The van der Waals surface area contributed by atoms with Gasteiger partial charge in [-0.25, -0.2) is 0 Å². The number of nitrogens with two attached hydrogens (primary N) is 1. The molecule has 1 aliphatic rings. The van der Waals surface area contributed by atoms with Gasteiger partial charge in [-0.2, -0.15) is 0 Å². The molecule has 1 unspecified atom stereocenters. The molecule has 1 fully saturated rings. The lowest BCUT2D eigenvalue weighted by Gasteiger charge is -2.34. The number of hydrogen-bond acceptors (Lipinski definition) is 2. The van der Waals surface area contributed by atoms with Crippen LogP contribution in [0.1, 0.15) is 31.7 Å². The van der Waals surface area contributed by atoms with E-state index in [1.54, 1.807) is 0 Å². The van der Waals surface area contributed by atoms with E-state index in [0.717, 1.165) is 12.3 Å². The fourth-order valence-electron chi connectivity index (χ4n) is 2.75. The molecule has 100 valence electrons. The minimum absolute atomic E-state index is 0.716. The highest BCUT2D eigenvalue weighted by Gasteiger charge is 2.20. The maximum Gasteiger partial charge on any atom is 0.0510 e. The largest absolute Gasteiger partial charge is 0.370 e. The van der Waals surface area contributed by atoms with E-state index >= 15 is 0 Å². The molecule has 1 aliphatic heterocycles. The van der Waals surface area contributed by atoms with E-state index in [1.807, 2.05) is 0 Å². The lowest BCUT2D eigenvalue weighted by molar-refractivity contribution is 0.404. The molecule has 18 heavy (non-hydrogen) atoms. The number of piperidine rings is 1. The van der Waals surface area contributed by atoms with E-state index in [0.29, 0.717) is 6.54 Å². The first-order valence-electron chi connectivity index (χ1n) is 6.98. The molecule has 1 saturated heterocycles. The minimum Gasteiger partial charge on any atom is -0.370 e. The Labute approximate surface area is 119 Å². The highest BCUT2D eigenvalue weighted by atomic mass is 79.9. The van der Waals surface area contributed by atoms with Crippen LogP contribution in [0.25, 0.3) is 0 Å². The Bertz CT molecular complexity index is 392. The summed E-state index contributed by atoms with van der Waals surface area (Å²) in [5.74, 6) is 0.856. The van der Waals surface area contributed by atoms with Crippen LogP contribution in [0.3, 0.4) is 0 Å². The highest BCUT2D eigenvalue weighted by molar-refractivity contribution is 9.10. The van der Waals surface area contributed by atoms with Gasteiger partial charge >= 0.3 is 0 Å². The van der Waals surface area contributed by atoms with Gasteiger partial charge in [0.15, 0.2) is 0 Å². The number of halogens is 1. The van der Waals surface area contributed by atoms with Crippen LogP contribution >= 0.6 is 15.9 Å². The Hall–Kier alpha value is -0.540. The van der Waals surface area contributed by atoms with Crippen LogP contribution < -0.4 is 10.6 Å². The summed E-state index contributed by atoms with van der Waals surface area (Å²) in [6.07, 6.45) is 4.95. The number of anilines is 1. The Kier molecular flexibility index (Phi) is 5.07. The van der Waals surface area contributed by atoms with Gasteiger partial charge in [-0.3, -0.25) is 0 Å². The van der Waals surface area contributed by atoms with Crippen LogP contribution in [0.5, 0.6) is 0 Å². The molecule has 0 saturated carbocycles. The lowest BCUT2D eigenvalue weighted by atomic mass is 9.95. The monoisotopic (exact) mass is 310 g/mol. The van der Waals surface area contributed by atoms with Crippen LogP contribution in [0, 0.1) is 5.92 Å². The summed E-state index contributed by atoms with van der Waals surface area (Å²) in [7, 11) is 0. The third-order valence-electron chi connectivity index (χ3n) is 3.88. The molecule has 0 spiro atoms. The van der Waals surface area contributed by atoms with Crippen molar-refractivity contribution in [1.29, 1.82) is 0 Å². The van der Waals surface area contributed by atoms with Gasteiger partial charge in [0, 0.05) is 17.6 Å². The summed E-state index contributed by atoms with van der Waals surface area (Å²) >= 11 is 3.71. The van der Waals surface area contributed by atoms with Crippen LogP contribution in [0.15, 0.2) is 22.7 Å². The van der Waals surface area contributed by atoms with E-state index in [1.165, 1.54) is 48.1 Å². The van der Waals surface area contributed by atoms with Crippen molar-refractivity contribution in [3.63, 3.8) is 0 Å². The van der Waals surface area contributed by atoms with E-state index in [4.69, 9.17) is 5.73 Å². The molecule has 3 heteroatoms. The predicted molar refractivity (Wildman–Crippen MR) is 82.1 cm³/mol. The first kappa shape index (κ1) is 13.9. The Morgan fingerprint density at radius 1 is 1.44 bits per heavy atom. The van der Waals surface area contributed by atoms with Crippen LogP contribution in [-0.2, 0) is 6.42 Å². The SMILES string of the molecule is CCC1CCCN(c2ccc(CCN)cc2Br)C1. The average Bonchev–Trinajstić information content (AvgIpc) is 2.39. The number of nitrogens with zero attached hydrogens (tertiary/aromatic N) is 1. The minimum atomic E-state index is 0.716. The summed E-state index contributed by atoms with van der Waals surface area (Å²) in [4.78, 5) is 2.52. The zero-order valence-electron chi connectivity index (χ0n) is 11.2. The highest BCUT2D eigenvalue weighted by Crippen LogP contribution is 2.31. The normalized spacial score (nSPS) is 20.2. The molecule has 0 radical (unpaired) electrons. The fourth-order valence-corrected chi connectivity index (χ4v) is 3.42. The smallest absolute Gasteiger partial charge is 0.0510 e. The standard InChI is InChI=1S/C15H23BrN2/c1-2-12-4-3-9-18(11-12)15-6-5-13(7-8-17)10-14(15)16/h5-6,10,12H,2-4,7-9,11,17H2,1H3. The molecular formula is C15H23BrN2. The Balaban J connectivity index is 2.12. The van der Waals surface area contributed by atoms with Gasteiger partial charge < -0.3 is 10.6 Å². The number of rotatable bonds is 4. The number of benzene rings is 1. The molecule has 0 aliphatic carbocycles. The third kappa shape index (κ3) is 3.27. The molecule has 2 rings (SSSR count). The maximum atomic E-state index is 5.60. The van der Waals surface area contributed by atoms with E-state index < -0.39 is 0 Å². The summed E-state index contributed by atoms with van der Waals surface area (Å²) in [6.45, 7) is 5.40. The van der Waals surface area contributed by atoms with Crippen molar-refractivity contribution in [3.05, 3.63) is 28.2 Å². The molecule has 1 aromatic carbocycles. The topological polar surface area (TPSA) is 29.3 Å². The molecule has 0 amide bonds. The van der Waals surface area contributed by atoms with Gasteiger partial charge in [-0.05, 0) is 65.4 Å². The van der Waals surface area contributed by atoms with Crippen molar-refractivity contribution in [1.82, 2.24) is 0 Å². The van der Waals surface area contributed by atoms with Gasteiger partial charge in [-0.15, -0.1) is 0 Å². The van der Waals surface area contributed by atoms with Crippen LogP contribution in [0.4, 0.5) is 5.69 Å². The quantitative estimate of drug-likeness (QED) is 0.921. The first-order valence-corrected chi connectivity index (χ1v) is 7.77. The van der Waals surface area contributed by atoms with E-state index in [9.17, 15) is 0 Å². The van der Waals surface area contributed by atoms with Gasteiger partial charge in [0.2, 0.25) is 0 Å². The van der Waals surface area contributed by atoms with Crippen molar-refractivity contribution >= 4 is 21.6 Å². The molecule has 2 N–H and O–H groups in total. The van der Waals surface area contributed by atoms with E-state index in [-0.39, 0.29) is 0 Å². The molecule has 2 nitrogen and oxygen atoms in total. The maximum absolute atomic E-state index is 5.60. The first-order chi connectivity index (χ1) is 8.74. The summed E-state index contributed by atoms with van der Waals surface area (Å²) in [5.41, 5.74) is 8.26. The van der Waals surface area contributed by atoms with Crippen LogP contribution in [0.2, 0.25) is 0 Å². The molecular weight excluding hydrogens is 288 g/mol. The summed E-state index contributed by atoms with van der Waals surface area (Å²) in [6, 6.07) is 6.67. The summed E-state index contributed by atoms with van der Waals surface area (Å²) < 4.78 is 1.21. The molecule has 0 aromatic heterocycles. The second-order valence-corrected chi connectivity index (χ2v) is 6.04. The third-order valence-corrected chi connectivity index (χ3v) is 4.52. The van der Waals surface area contributed by atoms with Gasteiger partial charge in [-0.1, -0.05) is 19.4 Å². The second kappa shape index (κ2) is 6.58. The van der Waals surface area contributed by atoms with Gasteiger partial charge in [0.25, 0.3) is 0 Å². The zero-order chi connectivity index (χ0) is 13.0. The lowest BCUT2D eigenvalue weighted by Crippen LogP contribution is -2.35. The number of hydrogen-bond donors (Lipinski definition) is 1. The Morgan fingerprint density at radius 2 is 2.28 bits per heavy atom. The molecule has 1 aromatic rings.